The van der Waals surface area contributed by atoms with E-state index in [2.05, 4.69) is 20.2 Å². The van der Waals surface area contributed by atoms with Gasteiger partial charge in [0, 0.05) is 12.6 Å². The molecule has 7 nitrogen and oxygen atoms in total. The van der Waals surface area contributed by atoms with E-state index < -0.39 is 5.97 Å². The number of amides is 1. The number of carbonyl (C=O) groups is 2. The van der Waals surface area contributed by atoms with Crippen molar-refractivity contribution in [2.24, 2.45) is 5.92 Å². The minimum Gasteiger partial charge on any atom is -0.481 e. The Morgan fingerprint density at radius 2 is 2.00 bits per heavy atom. The van der Waals surface area contributed by atoms with E-state index in [1.807, 2.05) is 11.4 Å². The molecule has 1 atom stereocenters. The molecule has 1 saturated heterocycles. The molecule has 1 amide bonds. The van der Waals surface area contributed by atoms with Gasteiger partial charge in [0.25, 0.3) is 0 Å². The van der Waals surface area contributed by atoms with E-state index in [0.29, 0.717) is 12.8 Å². The Kier molecular flexibility index (Phi) is 4.76. The first kappa shape index (κ1) is 17.2. The lowest BCUT2D eigenvalue weighted by Gasteiger charge is -2.30. The summed E-state index contributed by atoms with van der Waals surface area (Å²) >= 11 is 1.57. The van der Waals surface area contributed by atoms with Gasteiger partial charge in [0.1, 0.15) is 23.0 Å². The normalized spacial score (nSPS) is 26.2. The third kappa shape index (κ3) is 3.25. The zero-order valence-electron chi connectivity index (χ0n) is 14.4. The molecule has 2 fully saturated rings. The van der Waals surface area contributed by atoms with E-state index in [0.717, 1.165) is 48.3 Å². The molecule has 2 aromatic heterocycles. The molecule has 0 bridgehead atoms. The summed E-state index contributed by atoms with van der Waals surface area (Å²) < 4.78 is 0. The molecule has 3 heterocycles. The molecule has 1 aliphatic heterocycles. The highest BCUT2D eigenvalue weighted by Crippen LogP contribution is 2.32. The summed E-state index contributed by atoms with van der Waals surface area (Å²) in [4.78, 5) is 35.7. The Balaban J connectivity index is 1.44. The summed E-state index contributed by atoms with van der Waals surface area (Å²) in [5, 5.41) is 15.2. The molecular formula is C18H22N4O3S. The maximum Gasteiger partial charge on any atom is 0.306 e. The Morgan fingerprint density at radius 1 is 1.19 bits per heavy atom. The van der Waals surface area contributed by atoms with Crippen molar-refractivity contribution in [3.05, 3.63) is 17.8 Å². The standard InChI is InChI=1S/C18H22N4O3S/c23-16(21-12-5-3-11(4-6-12)18(24)25)14-2-1-8-22(14)15-13-7-9-26-17(13)20-10-19-15/h7,9-12,14H,1-6,8H2,(H,21,23)(H,24,25). The number of aliphatic carboxylic acids is 1. The van der Waals surface area contributed by atoms with Gasteiger partial charge in [0.05, 0.1) is 11.3 Å². The van der Waals surface area contributed by atoms with Crippen molar-refractivity contribution < 1.29 is 14.7 Å². The van der Waals surface area contributed by atoms with Gasteiger partial charge in [-0.2, -0.15) is 0 Å². The smallest absolute Gasteiger partial charge is 0.306 e. The summed E-state index contributed by atoms with van der Waals surface area (Å²) in [7, 11) is 0. The molecule has 8 heteroatoms. The van der Waals surface area contributed by atoms with Gasteiger partial charge in [0.15, 0.2) is 0 Å². The van der Waals surface area contributed by atoms with Crippen LogP contribution >= 0.6 is 11.3 Å². The first-order valence-electron chi connectivity index (χ1n) is 9.11. The van der Waals surface area contributed by atoms with Crippen LogP contribution in [0.15, 0.2) is 17.8 Å². The summed E-state index contributed by atoms with van der Waals surface area (Å²) in [5.74, 6) is -0.119. The molecule has 138 valence electrons. The van der Waals surface area contributed by atoms with Crippen LogP contribution in [0.2, 0.25) is 0 Å². The lowest BCUT2D eigenvalue weighted by molar-refractivity contribution is -0.142. The average Bonchev–Trinajstić information content (AvgIpc) is 3.31. The third-order valence-corrected chi connectivity index (χ3v) is 6.31. The highest BCUT2D eigenvalue weighted by Gasteiger charge is 2.35. The van der Waals surface area contributed by atoms with E-state index in [1.165, 1.54) is 0 Å². The Labute approximate surface area is 155 Å². The first-order valence-corrected chi connectivity index (χ1v) is 9.99. The highest BCUT2D eigenvalue weighted by molar-refractivity contribution is 7.16. The molecule has 4 rings (SSSR count). The zero-order valence-corrected chi connectivity index (χ0v) is 15.2. The summed E-state index contributed by atoms with van der Waals surface area (Å²) in [6, 6.07) is 1.87. The van der Waals surface area contributed by atoms with E-state index in [-0.39, 0.29) is 23.9 Å². The maximum absolute atomic E-state index is 12.9. The minimum absolute atomic E-state index is 0.0308. The Hall–Kier alpha value is -2.22. The molecule has 0 spiro atoms. The van der Waals surface area contributed by atoms with Gasteiger partial charge in [-0.25, -0.2) is 9.97 Å². The number of aromatic nitrogens is 2. The van der Waals surface area contributed by atoms with Crippen LogP contribution < -0.4 is 10.2 Å². The fourth-order valence-electron chi connectivity index (χ4n) is 4.08. The molecule has 0 aromatic carbocycles. The van der Waals surface area contributed by atoms with Gasteiger partial charge in [-0.05, 0) is 50.0 Å². The van der Waals surface area contributed by atoms with Crippen LogP contribution in [0.5, 0.6) is 0 Å². The van der Waals surface area contributed by atoms with Crippen molar-refractivity contribution in [3.8, 4) is 0 Å². The fourth-order valence-corrected chi connectivity index (χ4v) is 4.81. The number of carboxylic acids is 1. The fraction of sp³-hybridized carbons (Fsp3) is 0.556. The second-order valence-electron chi connectivity index (χ2n) is 7.08. The third-order valence-electron chi connectivity index (χ3n) is 5.49. The van der Waals surface area contributed by atoms with E-state index >= 15 is 0 Å². The van der Waals surface area contributed by atoms with E-state index in [9.17, 15) is 9.59 Å². The number of hydrogen-bond acceptors (Lipinski definition) is 6. The van der Waals surface area contributed by atoms with Crippen LogP contribution in [-0.2, 0) is 9.59 Å². The lowest BCUT2D eigenvalue weighted by atomic mass is 9.86. The van der Waals surface area contributed by atoms with Crippen LogP contribution in [0.4, 0.5) is 5.82 Å². The quantitative estimate of drug-likeness (QED) is 0.853. The number of hydrogen-bond donors (Lipinski definition) is 2. The van der Waals surface area contributed by atoms with Crippen molar-refractivity contribution in [2.75, 3.05) is 11.4 Å². The first-order chi connectivity index (χ1) is 12.6. The van der Waals surface area contributed by atoms with Crippen LogP contribution in [0, 0.1) is 5.92 Å². The molecule has 1 unspecified atom stereocenters. The zero-order chi connectivity index (χ0) is 18.1. The molecule has 1 saturated carbocycles. The molecule has 26 heavy (non-hydrogen) atoms. The van der Waals surface area contributed by atoms with E-state index in [4.69, 9.17) is 5.11 Å². The van der Waals surface area contributed by atoms with Crippen molar-refractivity contribution in [1.29, 1.82) is 0 Å². The maximum atomic E-state index is 12.9. The topological polar surface area (TPSA) is 95.4 Å². The van der Waals surface area contributed by atoms with Crippen LogP contribution in [0.3, 0.4) is 0 Å². The number of carboxylic acid groups (broad SMARTS) is 1. The lowest BCUT2D eigenvalue weighted by Crippen LogP contribution is -2.48. The largest absolute Gasteiger partial charge is 0.481 e. The van der Waals surface area contributed by atoms with Crippen molar-refractivity contribution >= 4 is 39.2 Å². The Morgan fingerprint density at radius 3 is 2.77 bits per heavy atom. The number of nitrogens with one attached hydrogen (secondary N) is 1. The number of nitrogens with zero attached hydrogens (tertiary/aromatic N) is 3. The SMILES string of the molecule is O=C(O)C1CCC(NC(=O)C2CCCN2c2ncnc3sccc23)CC1. The van der Waals surface area contributed by atoms with Gasteiger partial charge in [-0.3, -0.25) is 9.59 Å². The number of anilines is 1. The van der Waals surface area contributed by atoms with Crippen LogP contribution in [-0.4, -0.2) is 45.6 Å². The minimum atomic E-state index is -0.722. The average molecular weight is 374 g/mol. The molecule has 1 aliphatic carbocycles. The number of rotatable bonds is 4. The van der Waals surface area contributed by atoms with Gasteiger partial charge in [-0.15, -0.1) is 11.3 Å². The predicted molar refractivity (Wildman–Crippen MR) is 99.3 cm³/mol. The molecule has 2 aliphatic rings. The van der Waals surface area contributed by atoms with Crippen molar-refractivity contribution in [1.82, 2.24) is 15.3 Å². The number of carbonyl (C=O) groups excluding carboxylic acids is 1. The van der Waals surface area contributed by atoms with Gasteiger partial charge >= 0.3 is 5.97 Å². The second kappa shape index (κ2) is 7.19. The van der Waals surface area contributed by atoms with Crippen LogP contribution in [0.25, 0.3) is 10.2 Å². The van der Waals surface area contributed by atoms with Crippen molar-refractivity contribution in [3.63, 3.8) is 0 Å². The highest BCUT2D eigenvalue weighted by atomic mass is 32.1. The Bertz CT molecular complexity index is 816. The van der Waals surface area contributed by atoms with Crippen LogP contribution in [0.1, 0.15) is 38.5 Å². The number of thiophene rings is 1. The molecular weight excluding hydrogens is 352 g/mol. The number of fused-ring (bicyclic) bond motifs is 1. The van der Waals surface area contributed by atoms with Crippen molar-refractivity contribution in [2.45, 2.75) is 50.6 Å². The van der Waals surface area contributed by atoms with Gasteiger partial charge in [0.2, 0.25) is 5.91 Å². The second-order valence-corrected chi connectivity index (χ2v) is 7.98. The molecule has 2 N–H and O–H groups in total. The summed E-state index contributed by atoms with van der Waals surface area (Å²) in [5.41, 5.74) is 0. The van der Waals surface area contributed by atoms with Gasteiger partial charge in [-0.1, -0.05) is 0 Å². The summed E-state index contributed by atoms with van der Waals surface area (Å²) in [6.45, 7) is 0.811. The summed E-state index contributed by atoms with van der Waals surface area (Å²) in [6.07, 6.45) is 6.07. The molecule has 0 radical (unpaired) electrons. The van der Waals surface area contributed by atoms with Gasteiger partial charge < -0.3 is 15.3 Å². The molecule has 2 aromatic rings. The predicted octanol–water partition coefficient (Wildman–Crippen LogP) is 2.42. The monoisotopic (exact) mass is 374 g/mol. The van der Waals surface area contributed by atoms with E-state index in [1.54, 1.807) is 17.7 Å².